The number of likely N-dealkylation sites (N-methyl/N-ethyl adjacent to an activating group) is 1. The summed E-state index contributed by atoms with van der Waals surface area (Å²) in [6.45, 7) is 11.3. The molecule has 1 fully saturated rings. The van der Waals surface area contributed by atoms with Crippen molar-refractivity contribution >= 4 is 35.8 Å². The molecule has 0 bridgehead atoms. The smallest absolute Gasteiger partial charge is 0.191 e. The quantitative estimate of drug-likeness (QED) is 0.332. The Labute approximate surface area is 198 Å². The number of nitrogens with one attached hydrogen (secondary N) is 2. The van der Waals surface area contributed by atoms with E-state index in [1.807, 2.05) is 6.20 Å². The van der Waals surface area contributed by atoms with Gasteiger partial charge in [0, 0.05) is 52.5 Å². The minimum absolute atomic E-state index is 0. The van der Waals surface area contributed by atoms with E-state index in [1.54, 1.807) is 7.05 Å². The van der Waals surface area contributed by atoms with E-state index >= 15 is 0 Å². The fourth-order valence-corrected chi connectivity index (χ4v) is 3.66. The van der Waals surface area contributed by atoms with Gasteiger partial charge in [-0.25, -0.2) is 4.98 Å². The SMILES string of the molecule is CCc1ccccc1CNC(=NC)NCc1ccc(N2CCN(CC)CC2)nc1.I. The Morgan fingerprint density at radius 3 is 2.27 bits per heavy atom. The Balaban J connectivity index is 0.00000320. The van der Waals surface area contributed by atoms with E-state index in [0.717, 1.165) is 63.0 Å². The van der Waals surface area contributed by atoms with E-state index in [1.165, 1.54) is 11.1 Å². The van der Waals surface area contributed by atoms with Gasteiger partial charge in [-0.2, -0.15) is 0 Å². The molecule has 1 aromatic carbocycles. The standard InChI is InChI=1S/C23H34N6.HI/c1-4-20-8-6-7-9-21(20)18-27-23(24-3)26-17-19-10-11-22(25-16-19)29-14-12-28(5-2)13-15-29;/h6-11,16H,4-5,12-15,17-18H2,1-3H3,(H2,24,26,27);1H. The second-order valence-electron chi connectivity index (χ2n) is 7.35. The van der Waals surface area contributed by atoms with E-state index in [-0.39, 0.29) is 24.0 Å². The highest BCUT2D eigenvalue weighted by molar-refractivity contribution is 14.0. The van der Waals surface area contributed by atoms with Gasteiger partial charge in [-0.3, -0.25) is 4.99 Å². The molecule has 0 aliphatic carbocycles. The van der Waals surface area contributed by atoms with Crippen LogP contribution in [-0.4, -0.2) is 55.6 Å². The Kier molecular flexibility index (Phi) is 10.4. The molecule has 6 nitrogen and oxygen atoms in total. The first-order valence-electron chi connectivity index (χ1n) is 10.7. The molecule has 0 unspecified atom stereocenters. The predicted octanol–water partition coefficient (Wildman–Crippen LogP) is 3.27. The summed E-state index contributed by atoms with van der Waals surface area (Å²) in [5.41, 5.74) is 3.83. The van der Waals surface area contributed by atoms with Crippen LogP contribution in [-0.2, 0) is 19.5 Å². The van der Waals surface area contributed by atoms with E-state index in [4.69, 9.17) is 0 Å². The van der Waals surface area contributed by atoms with Crippen LogP contribution in [0, 0.1) is 0 Å². The van der Waals surface area contributed by atoms with Crippen molar-refractivity contribution in [2.75, 3.05) is 44.7 Å². The van der Waals surface area contributed by atoms with Crippen molar-refractivity contribution in [1.82, 2.24) is 20.5 Å². The van der Waals surface area contributed by atoms with Crippen molar-refractivity contribution in [3.63, 3.8) is 0 Å². The molecule has 0 radical (unpaired) electrons. The molecule has 0 saturated carbocycles. The first-order valence-corrected chi connectivity index (χ1v) is 10.7. The third-order valence-electron chi connectivity index (χ3n) is 5.58. The van der Waals surface area contributed by atoms with Crippen LogP contribution in [0.1, 0.15) is 30.5 Å². The Hall–Kier alpha value is -1.87. The molecule has 3 rings (SSSR count). The lowest BCUT2D eigenvalue weighted by Crippen LogP contribution is -2.46. The summed E-state index contributed by atoms with van der Waals surface area (Å²) in [5.74, 6) is 1.87. The molecule has 1 aromatic heterocycles. The zero-order valence-electron chi connectivity index (χ0n) is 18.4. The molecule has 2 N–H and O–H groups in total. The van der Waals surface area contributed by atoms with Gasteiger partial charge in [0.2, 0.25) is 0 Å². The molecule has 2 heterocycles. The first-order chi connectivity index (χ1) is 14.2. The van der Waals surface area contributed by atoms with Crippen LogP contribution in [0.5, 0.6) is 0 Å². The molecule has 0 atom stereocenters. The van der Waals surface area contributed by atoms with Crippen molar-refractivity contribution < 1.29 is 0 Å². The van der Waals surface area contributed by atoms with Crippen molar-refractivity contribution in [2.45, 2.75) is 33.4 Å². The predicted molar refractivity (Wildman–Crippen MR) is 137 cm³/mol. The maximum Gasteiger partial charge on any atom is 0.191 e. The van der Waals surface area contributed by atoms with Crippen molar-refractivity contribution in [2.24, 2.45) is 4.99 Å². The van der Waals surface area contributed by atoms with Gasteiger partial charge in [-0.1, -0.05) is 44.2 Å². The molecule has 0 spiro atoms. The number of guanidine groups is 1. The minimum Gasteiger partial charge on any atom is -0.354 e. The molecule has 1 aliphatic heterocycles. The van der Waals surface area contributed by atoms with Crippen molar-refractivity contribution in [3.05, 3.63) is 59.3 Å². The maximum absolute atomic E-state index is 4.68. The largest absolute Gasteiger partial charge is 0.354 e. The fraction of sp³-hybridized carbons (Fsp3) is 0.478. The van der Waals surface area contributed by atoms with Gasteiger partial charge in [0.25, 0.3) is 0 Å². The number of piperazine rings is 1. The molecule has 7 heteroatoms. The van der Waals surface area contributed by atoms with Gasteiger partial charge in [0.05, 0.1) is 0 Å². The lowest BCUT2D eigenvalue weighted by atomic mass is 10.1. The zero-order chi connectivity index (χ0) is 20.5. The zero-order valence-corrected chi connectivity index (χ0v) is 20.7. The van der Waals surface area contributed by atoms with Crippen LogP contribution in [0.2, 0.25) is 0 Å². The number of aryl methyl sites for hydroxylation is 1. The van der Waals surface area contributed by atoms with Crippen molar-refractivity contribution in [3.8, 4) is 0 Å². The topological polar surface area (TPSA) is 55.8 Å². The first kappa shape index (κ1) is 24.4. The van der Waals surface area contributed by atoms with Crippen LogP contribution in [0.15, 0.2) is 47.6 Å². The van der Waals surface area contributed by atoms with Crippen LogP contribution in [0.4, 0.5) is 5.82 Å². The summed E-state index contributed by atoms with van der Waals surface area (Å²) in [4.78, 5) is 13.9. The van der Waals surface area contributed by atoms with Crippen molar-refractivity contribution in [1.29, 1.82) is 0 Å². The number of rotatable bonds is 7. The number of pyridine rings is 1. The van der Waals surface area contributed by atoms with Crippen LogP contribution >= 0.6 is 24.0 Å². The second kappa shape index (κ2) is 12.7. The lowest BCUT2D eigenvalue weighted by Gasteiger charge is -2.34. The summed E-state index contributed by atoms with van der Waals surface area (Å²) in [5, 5.41) is 6.79. The second-order valence-corrected chi connectivity index (χ2v) is 7.35. The normalized spacial score (nSPS) is 14.9. The average molecular weight is 522 g/mol. The number of hydrogen-bond donors (Lipinski definition) is 2. The monoisotopic (exact) mass is 522 g/mol. The molecule has 2 aromatic rings. The highest BCUT2D eigenvalue weighted by atomic mass is 127. The Bertz CT molecular complexity index is 785. The highest BCUT2D eigenvalue weighted by Crippen LogP contribution is 2.14. The van der Waals surface area contributed by atoms with E-state index < -0.39 is 0 Å². The van der Waals surface area contributed by atoms with Crippen LogP contribution in [0.3, 0.4) is 0 Å². The van der Waals surface area contributed by atoms with Gasteiger partial charge in [-0.15, -0.1) is 24.0 Å². The fourth-order valence-electron chi connectivity index (χ4n) is 3.66. The Morgan fingerprint density at radius 1 is 0.967 bits per heavy atom. The molecule has 0 amide bonds. The minimum atomic E-state index is 0. The molecule has 1 aliphatic rings. The number of anilines is 1. The molecule has 1 saturated heterocycles. The summed E-state index contributed by atoms with van der Waals surface area (Å²) in [6, 6.07) is 12.8. The van der Waals surface area contributed by atoms with Gasteiger partial charge < -0.3 is 20.4 Å². The summed E-state index contributed by atoms with van der Waals surface area (Å²) < 4.78 is 0. The number of hydrogen-bond acceptors (Lipinski definition) is 4. The summed E-state index contributed by atoms with van der Waals surface area (Å²) in [6.07, 6.45) is 3.00. The van der Waals surface area contributed by atoms with Crippen LogP contribution < -0.4 is 15.5 Å². The third kappa shape index (κ3) is 6.84. The van der Waals surface area contributed by atoms with Gasteiger partial charge in [-0.05, 0) is 35.7 Å². The average Bonchev–Trinajstić information content (AvgIpc) is 2.80. The highest BCUT2D eigenvalue weighted by Gasteiger charge is 2.16. The number of halogens is 1. The molecule has 30 heavy (non-hydrogen) atoms. The summed E-state index contributed by atoms with van der Waals surface area (Å²) in [7, 11) is 1.80. The van der Waals surface area contributed by atoms with Gasteiger partial charge in [0.1, 0.15) is 5.82 Å². The van der Waals surface area contributed by atoms with Gasteiger partial charge in [0.15, 0.2) is 5.96 Å². The molecular formula is C23H35IN6. The summed E-state index contributed by atoms with van der Waals surface area (Å²) >= 11 is 0. The lowest BCUT2D eigenvalue weighted by molar-refractivity contribution is 0.270. The van der Waals surface area contributed by atoms with E-state index in [2.05, 4.69) is 80.7 Å². The van der Waals surface area contributed by atoms with Gasteiger partial charge >= 0.3 is 0 Å². The number of aromatic nitrogens is 1. The molecule has 164 valence electrons. The third-order valence-corrected chi connectivity index (χ3v) is 5.58. The van der Waals surface area contributed by atoms with Crippen LogP contribution in [0.25, 0.3) is 0 Å². The number of benzene rings is 1. The number of aliphatic imine (C=N–C) groups is 1. The molecular weight excluding hydrogens is 487 g/mol. The number of nitrogens with zero attached hydrogens (tertiary/aromatic N) is 4. The maximum atomic E-state index is 4.68. The Morgan fingerprint density at radius 2 is 1.67 bits per heavy atom. The van der Waals surface area contributed by atoms with E-state index in [0.29, 0.717) is 6.54 Å². The van der Waals surface area contributed by atoms with E-state index in [9.17, 15) is 0 Å².